The lowest BCUT2D eigenvalue weighted by atomic mass is 10.1. The molecule has 138 valence electrons. The summed E-state index contributed by atoms with van der Waals surface area (Å²) < 4.78 is 25.1. The van der Waals surface area contributed by atoms with Crippen LogP contribution in [0.25, 0.3) is 0 Å². The van der Waals surface area contributed by atoms with E-state index in [1.54, 1.807) is 0 Å². The van der Waals surface area contributed by atoms with Gasteiger partial charge in [0.05, 0.1) is 11.9 Å². The molecule has 2 saturated heterocycles. The summed E-state index contributed by atoms with van der Waals surface area (Å²) in [5.41, 5.74) is 2.25. The van der Waals surface area contributed by atoms with Gasteiger partial charge in [-0.25, -0.2) is 8.42 Å². The van der Waals surface area contributed by atoms with Crippen molar-refractivity contribution in [1.82, 2.24) is 19.1 Å². The Morgan fingerprint density at radius 2 is 1.96 bits per heavy atom. The number of hydrogen-bond donors (Lipinski definition) is 0. The minimum Gasteiger partial charge on any atom is -0.339 e. The lowest BCUT2D eigenvalue weighted by Gasteiger charge is -2.37. The molecule has 1 amide bonds. The van der Waals surface area contributed by atoms with Gasteiger partial charge in [0.15, 0.2) is 0 Å². The Morgan fingerprint density at radius 3 is 2.60 bits per heavy atom. The first-order valence-electron chi connectivity index (χ1n) is 8.75. The standard InChI is InChI=1S/C17H26N4O3S/c1-14-5-3-7-18-15(14)13-19-9-11-20(12-10-19)17(22)16-6-4-8-21(16)25(2,23)24/h3,5,7,16H,4,6,8-13H2,1-2H3/t16-/m0/s1. The van der Waals surface area contributed by atoms with Crippen LogP contribution in [-0.2, 0) is 21.4 Å². The number of nitrogens with zero attached hydrogens (tertiary/aromatic N) is 4. The van der Waals surface area contributed by atoms with Gasteiger partial charge in [-0.1, -0.05) is 6.07 Å². The number of amides is 1. The molecule has 1 atom stereocenters. The monoisotopic (exact) mass is 366 g/mol. The topological polar surface area (TPSA) is 73.8 Å². The van der Waals surface area contributed by atoms with Gasteiger partial charge in [-0.3, -0.25) is 14.7 Å². The van der Waals surface area contributed by atoms with E-state index in [1.807, 2.05) is 17.2 Å². The molecule has 2 aliphatic rings. The Balaban J connectivity index is 1.57. The van der Waals surface area contributed by atoms with Gasteiger partial charge >= 0.3 is 0 Å². The van der Waals surface area contributed by atoms with Crippen molar-refractivity contribution in [3.63, 3.8) is 0 Å². The fourth-order valence-electron chi connectivity index (χ4n) is 3.62. The number of aryl methyl sites for hydroxylation is 1. The predicted octanol–water partition coefficient (Wildman–Crippen LogP) is 0.458. The van der Waals surface area contributed by atoms with Crippen LogP contribution >= 0.6 is 0 Å². The van der Waals surface area contributed by atoms with Crippen molar-refractivity contribution in [2.75, 3.05) is 39.0 Å². The number of sulfonamides is 1. The van der Waals surface area contributed by atoms with Crippen LogP contribution in [0, 0.1) is 6.92 Å². The van der Waals surface area contributed by atoms with Crippen molar-refractivity contribution in [2.24, 2.45) is 0 Å². The molecular weight excluding hydrogens is 340 g/mol. The lowest BCUT2D eigenvalue weighted by molar-refractivity contribution is -0.136. The Hall–Kier alpha value is -1.51. The summed E-state index contributed by atoms with van der Waals surface area (Å²) in [6.07, 6.45) is 4.37. The van der Waals surface area contributed by atoms with E-state index in [9.17, 15) is 13.2 Å². The zero-order chi connectivity index (χ0) is 18.0. The molecule has 0 aliphatic carbocycles. The molecule has 0 unspecified atom stereocenters. The van der Waals surface area contributed by atoms with Gasteiger partial charge in [0.1, 0.15) is 6.04 Å². The molecule has 1 aromatic heterocycles. The van der Waals surface area contributed by atoms with E-state index in [4.69, 9.17) is 0 Å². The predicted molar refractivity (Wildman–Crippen MR) is 95.4 cm³/mol. The van der Waals surface area contributed by atoms with Crippen molar-refractivity contribution in [1.29, 1.82) is 0 Å². The van der Waals surface area contributed by atoms with E-state index < -0.39 is 16.1 Å². The van der Waals surface area contributed by atoms with Gasteiger partial charge in [-0.2, -0.15) is 4.31 Å². The molecule has 0 spiro atoms. The summed E-state index contributed by atoms with van der Waals surface area (Å²) >= 11 is 0. The molecule has 0 radical (unpaired) electrons. The van der Waals surface area contributed by atoms with Crippen LogP contribution < -0.4 is 0 Å². The molecule has 7 nitrogen and oxygen atoms in total. The van der Waals surface area contributed by atoms with Crippen molar-refractivity contribution >= 4 is 15.9 Å². The zero-order valence-electron chi connectivity index (χ0n) is 14.9. The number of piperazine rings is 1. The summed E-state index contributed by atoms with van der Waals surface area (Å²) in [4.78, 5) is 21.3. The maximum atomic E-state index is 12.8. The van der Waals surface area contributed by atoms with E-state index in [-0.39, 0.29) is 5.91 Å². The molecular formula is C17H26N4O3S. The lowest BCUT2D eigenvalue weighted by Crippen LogP contribution is -2.54. The molecule has 3 heterocycles. The maximum absolute atomic E-state index is 12.8. The van der Waals surface area contributed by atoms with Crippen LogP contribution in [0.3, 0.4) is 0 Å². The minimum absolute atomic E-state index is 0.0448. The third kappa shape index (κ3) is 4.19. The summed E-state index contributed by atoms with van der Waals surface area (Å²) in [6, 6.07) is 3.48. The summed E-state index contributed by atoms with van der Waals surface area (Å²) in [5, 5.41) is 0. The first-order valence-corrected chi connectivity index (χ1v) is 10.6. The molecule has 25 heavy (non-hydrogen) atoms. The molecule has 8 heteroatoms. The second-order valence-electron chi connectivity index (χ2n) is 6.90. The number of aromatic nitrogens is 1. The summed E-state index contributed by atoms with van der Waals surface area (Å²) in [7, 11) is -3.32. The van der Waals surface area contributed by atoms with Gasteiger partial charge in [-0.15, -0.1) is 0 Å². The first-order chi connectivity index (χ1) is 11.9. The van der Waals surface area contributed by atoms with Crippen LogP contribution in [-0.4, -0.2) is 78.4 Å². The molecule has 0 saturated carbocycles. The molecule has 0 bridgehead atoms. The van der Waals surface area contributed by atoms with Gasteiger partial charge in [0.2, 0.25) is 15.9 Å². The van der Waals surface area contributed by atoms with Gasteiger partial charge in [0, 0.05) is 45.5 Å². The Kier molecular flexibility index (Phi) is 5.41. The molecule has 3 rings (SSSR count). The van der Waals surface area contributed by atoms with Gasteiger partial charge in [0.25, 0.3) is 0 Å². The fourth-order valence-corrected chi connectivity index (χ4v) is 4.74. The highest BCUT2D eigenvalue weighted by Gasteiger charge is 2.39. The zero-order valence-corrected chi connectivity index (χ0v) is 15.7. The smallest absolute Gasteiger partial charge is 0.241 e. The SMILES string of the molecule is Cc1cccnc1CN1CCN(C(=O)[C@@H]2CCCN2S(C)(=O)=O)CC1. The van der Waals surface area contributed by atoms with Crippen molar-refractivity contribution < 1.29 is 13.2 Å². The average molecular weight is 366 g/mol. The highest BCUT2D eigenvalue weighted by Crippen LogP contribution is 2.23. The van der Waals surface area contributed by atoms with Crippen molar-refractivity contribution in [2.45, 2.75) is 32.4 Å². The molecule has 2 fully saturated rings. The maximum Gasteiger partial charge on any atom is 0.241 e. The third-order valence-electron chi connectivity index (χ3n) is 5.09. The van der Waals surface area contributed by atoms with Crippen LogP contribution in [0.1, 0.15) is 24.1 Å². The van der Waals surface area contributed by atoms with E-state index in [2.05, 4.69) is 22.9 Å². The third-order valence-corrected chi connectivity index (χ3v) is 6.38. The van der Waals surface area contributed by atoms with E-state index in [0.717, 1.165) is 31.7 Å². The molecule has 2 aliphatic heterocycles. The van der Waals surface area contributed by atoms with Crippen molar-refractivity contribution in [3.05, 3.63) is 29.6 Å². The Labute approximate surface area is 149 Å². The second-order valence-corrected chi connectivity index (χ2v) is 8.84. The van der Waals surface area contributed by atoms with E-state index in [1.165, 1.54) is 16.1 Å². The number of carbonyl (C=O) groups is 1. The quantitative estimate of drug-likeness (QED) is 0.774. The average Bonchev–Trinajstić information content (AvgIpc) is 3.07. The highest BCUT2D eigenvalue weighted by molar-refractivity contribution is 7.88. The first kappa shape index (κ1) is 18.3. The minimum atomic E-state index is -3.32. The van der Waals surface area contributed by atoms with E-state index in [0.29, 0.717) is 26.1 Å². The molecule has 0 N–H and O–H groups in total. The van der Waals surface area contributed by atoms with Gasteiger partial charge < -0.3 is 4.90 Å². The number of pyridine rings is 1. The molecule has 1 aromatic rings. The Morgan fingerprint density at radius 1 is 1.24 bits per heavy atom. The highest BCUT2D eigenvalue weighted by atomic mass is 32.2. The summed E-state index contributed by atoms with van der Waals surface area (Å²) in [6.45, 7) is 6.14. The van der Waals surface area contributed by atoms with Crippen LogP contribution in [0.2, 0.25) is 0 Å². The largest absolute Gasteiger partial charge is 0.339 e. The number of carbonyl (C=O) groups excluding carboxylic acids is 1. The summed E-state index contributed by atoms with van der Waals surface area (Å²) in [5.74, 6) is -0.0448. The molecule has 0 aromatic carbocycles. The van der Waals surface area contributed by atoms with Crippen molar-refractivity contribution in [3.8, 4) is 0 Å². The number of rotatable bonds is 4. The fraction of sp³-hybridized carbons (Fsp3) is 0.647. The Bertz CT molecular complexity index is 729. The second kappa shape index (κ2) is 7.39. The van der Waals surface area contributed by atoms with Gasteiger partial charge in [-0.05, 0) is 31.4 Å². The van der Waals surface area contributed by atoms with Crippen LogP contribution in [0.4, 0.5) is 0 Å². The van der Waals surface area contributed by atoms with Crippen LogP contribution in [0.15, 0.2) is 18.3 Å². The van der Waals surface area contributed by atoms with E-state index >= 15 is 0 Å². The number of hydrogen-bond acceptors (Lipinski definition) is 5. The van der Waals surface area contributed by atoms with Crippen LogP contribution in [0.5, 0.6) is 0 Å². The normalized spacial score (nSPS) is 23.1.